The summed E-state index contributed by atoms with van der Waals surface area (Å²) in [6.45, 7) is 0. The summed E-state index contributed by atoms with van der Waals surface area (Å²) in [7, 11) is 0. The summed E-state index contributed by atoms with van der Waals surface area (Å²) in [5.41, 5.74) is 0.848. The van der Waals surface area contributed by atoms with Crippen molar-refractivity contribution in [2.45, 2.75) is 63.6 Å². The van der Waals surface area contributed by atoms with Crippen LogP contribution in [0.15, 0.2) is 24.3 Å². The van der Waals surface area contributed by atoms with Crippen molar-refractivity contribution in [3.63, 3.8) is 0 Å². The molecule has 0 aliphatic heterocycles. The first-order chi connectivity index (χ1) is 10.7. The third kappa shape index (κ3) is 3.67. The second-order valence-corrected chi connectivity index (χ2v) is 6.20. The van der Waals surface area contributed by atoms with Crippen molar-refractivity contribution < 1.29 is 19.1 Å². The van der Waals surface area contributed by atoms with Crippen molar-refractivity contribution in [3.8, 4) is 0 Å². The van der Waals surface area contributed by atoms with Crippen LogP contribution in [0.1, 0.15) is 72.1 Å². The van der Waals surface area contributed by atoms with Crippen molar-refractivity contribution in [1.82, 2.24) is 0 Å². The molecule has 0 aromatic heterocycles. The van der Waals surface area contributed by atoms with Gasteiger partial charge in [-0.05, 0) is 69.6 Å². The van der Waals surface area contributed by atoms with E-state index < -0.39 is 0 Å². The highest BCUT2D eigenvalue weighted by molar-refractivity contribution is 5.95. The van der Waals surface area contributed by atoms with E-state index in [0.29, 0.717) is 11.1 Å². The first kappa shape index (κ1) is 15.1. The molecule has 118 valence electrons. The largest absolute Gasteiger partial charge is 0.459 e. The molecule has 3 rings (SSSR count). The molecular weight excluding hydrogens is 280 g/mol. The minimum atomic E-state index is -0.345. The van der Waals surface area contributed by atoms with Gasteiger partial charge < -0.3 is 9.47 Å². The summed E-state index contributed by atoms with van der Waals surface area (Å²) >= 11 is 0. The molecule has 4 nitrogen and oxygen atoms in total. The standard InChI is InChI=1S/C18H22O4/c19-17(21-15-8-1-2-9-15)13-6-5-7-14(12-13)18(20)22-16-10-3-4-11-16/h5-7,12,15-16H,1-4,8-11H2. The number of carbonyl (C=O) groups excluding carboxylic acids is 2. The van der Waals surface area contributed by atoms with Crippen LogP contribution in [0.2, 0.25) is 0 Å². The highest BCUT2D eigenvalue weighted by Crippen LogP contribution is 2.24. The van der Waals surface area contributed by atoms with E-state index in [4.69, 9.17) is 9.47 Å². The zero-order valence-electron chi connectivity index (χ0n) is 12.8. The van der Waals surface area contributed by atoms with Gasteiger partial charge in [0, 0.05) is 0 Å². The quantitative estimate of drug-likeness (QED) is 0.792. The molecule has 0 saturated heterocycles. The van der Waals surface area contributed by atoms with Gasteiger partial charge in [0.1, 0.15) is 12.2 Å². The summed E-state index contributed by atoms with van der Waals surface area (Å²) in [6.07, 6.45) is 8.28. The summed E-state index contributed by atoms with van der Waals surface area (Å²) in [5, 5.41) is 0. The minimum absolute atomic E-state index is 0.0293. The van der Waals surface area contributed by atoms with Crippen LogP contribution in [0.25, 0.3) is 0 Å². The number of esters is 2. The van der Waals surface area contributed by atoms with Crippen LogP contribution < -0.4 is 0 Å². The summed E-state index contributed by atoms with van der Waals surface area (Å²) in [5.74, 6) is -0.690. The number of hydrogen-bond acceptors (Lipinski definition) is 4. The lowest BCUT2D eigenvalue weighted by atomic mass is 10.1. The first-order valence-corrected chi connectivity index (χ1v) is 8.24. The lowest BCUT2D eigenvalue weighted by Crippen LogP contribution is -2.17. The molecule has 0 atom stereocenters. The Hall–Kier alpha value is -1.84. The lowest BCUT2D eigenvalue weighted by molar-refractivity contribution is 0.0316. The average Bonchev–Trinajstić information content (AvgIpc) is 3.21. The molecule has 2 aliphatic rings. The Kier molecular flexibility index (Phi) is 4.76. The van der Waals surface area contributed by atoms with E-state index >= 15 is 0 Å². The zero-order valence-corrected chi connectivity index (χ0v) is 12.8. The van der Waals surface area contributed by atoms with Crippen molar-refractivity contribution in [2.24, 2.45) is 0 Å². The van der Waals surface area contributed by atoms with Crippen molar-refractivity contribution in [3.05, 3.63) is 35.4 Å². The molecule has 0 N–H and O–H groups in total. The Labute approximate surface area is 130 Å². The van der Waals surface area contributed by atoms with Crippen LogP contribution in [-0.2, 0) is 9.47 Å². The molecule has 0 amide bonds. The fourth-order valence-electron chi connectivity index (χ4n) is 3.22. The maximum absolute atomic E-state index is 12.1. The number of ether oxygens (including phenoxy) is 2. The summed E-state index contributed by atoms with van der Waals surface area (Å²) in [4.78, 5) is 24.3. The molecule has 0 spiro atoms. The second kappa shape index (κ2) is 6.95. The van der Waals surface area contributed by atoms with Crippen molar-refractivity contribution >= 4 is 11.9 Å². The Balaban J connectivity index is 1.63. The van der Waals surface area contributed by atoms with Gasteiger partial charge in [-0.3, -0.25) is 0 Å². The van der Waals surface area contributed by atoms with Crippen LogP contribution in [0.5, 0.6) is 0 Å². The smallest absolute Gasteiger partial charge is 0.338 e. The maximum atomic E-state index is 12.1. The van der Waals surface area contributed by atoms with Gasteiger partial charge in [-0.1, -0.05) is 6.07 Å². The van der Waals surface area contributed by atoms with Crippen LogP contribution in [-0.4, -0.2) is 24.1 Å². The van der Waals surface area contributed by atoms with E-state index in [1.807, 2.05) is 0 Å². The van der Waals surface area contributed by atoms with Crippen LogP contribution >= 0.6 is 0 Å². The molecule has 0 bridgehead atoms. The molecule has 2 saturated carbocycles. The number of benzene rings is 1. The molecule has 4 heteroatoms. The van der Waals surface area contributed by atoms with Gasteiger partial charge in [-0.15, -0.1) is 0 Å². The highest BCUT2D eigenvalue weighted by atomic mass is 16.5. The molecule has 1 aromatic carbocycles. The Morgan fingerprint density at radius 1 is 0.773 bits per heavy atom. The third-order valence-electron chi connectivity index (χ3n) is 4.49. The summed E-state index contributed by atoms with van der Waals surface area (Å²) in [6, 6.07) is 6.65. The minimum Gasteiger partial charge on any atom is -0.459 e. The molecule has 22 heavy (non-hydrogen) atoms. The van der Waals surface area contributed by atoms with Crippen molar-refractivity contribution in [2.75, 3.05) is 0 Å². The van der Waals surface area contributed by atoms with E-state index in [0.717, 1.165) is 51.4 Å². The van der Waals surface area contributed by atoms with E-state index in [9.17, 15) is 9.59 Å². The third-order valence-corrected chi connectivity index (χ3v) is 4.49. The SMILES string of the molecule is O=C(OC1CCCC1)c1cccc(C(=O)OC2CCCC2)c1. The zero-order chi connectivity index (χ0) is 15.4. The molecule has 0 unspecified atom stereocenters. The van der Waals surface area contributed by atoms with Gasteiger partial charge in [-0.25, -0.2) is 9.59 Å². The molecule has 2 fully saturated rings. The van der Waals surface area contributed by atoms with Gasteiger partial charge in [0.25, 0.3) is 0 Å². The Morgan fingerprint density at radius 3 is 1.59 bits per heavy atom. The maximum Gasteiger partial charge on any atom is 0.338 e. The van der Waals surface area contributed by atoms with Crippen LogP contribution in [0, 0.1) is 0 Å². The van der Waals surface area contributed by atoms with Gasteiger partial charge in [0.2, 0.25) is 0 Å². The predicted molar refractivity (Wildman–Crippen MR) is 81.8 cm³/mol. The molecular formula is C18H22O4. The lowest BCUT2D eigenvalue weighted by Gasteiger charge is -2.13. The fraction of sp³-hybridized carbons (Fsp3) is 0.556. The van der Waals surface area contributed by atoms with Crippen LogP contribution in [0.3, 0.4) is 0 Å². The normalized spacial score (nSPS) is 19.3. The van der Waals surface area contributed by atoms with E-state index in [1.54, 1.807) is 24.3 Å². The van der Waals surface area contributed by atoms with E-state index in [1.165, 1.54) is 0 Å². The number of rotatable bonds is 4. The Morgan fingerprint density at radius 2 is 1.18 bits per heavy atom. The Bertz CT molecular complexity index is 495. The highest BCUT2D eigenvalue weighted by Gasteiger charge is 2.22. The topological polar surface area (TPSA) is 52.6 Å². The van der Waals surface area contributed by atoms with Crippen LogP contribution in [0.4, 0.5) is 0 Å². The van der Waals surface area contributed by atoms with Gasteiger partial charge in [-0.2, -0.15) is 0 Å². The van der Waals surface area contributed by atoms with Gasteiger partial charge >= 0.3 is 11.9 Å². The summed E-state index contributed by atoms with van der Waals surface area (Å²) < 4.78 is 10.9. The molecule has 0 radical (unpaired) electrons. The number of carbonyl (C=O) groups is 2. The molecule has 2 aliphatic carbocycles. The molecule has 0 heterocycles. The van der Waals surface area contributed by atoms with Gasteiger partial charge in [0.05, 0.1) is 11.1 Å². The predicted octanol–water partition coefficient (Wildman–Crippen LogP) is 3.89. The molecule has 1 aromatic rings. The first-order valence-electron chi connectivity index (χ1n) is 8.24. The second-order valence-electron chi connectivity index (χ2n) is 6.20. The van der Waals surface area contributed by atoms with E-state index in [2.05, 4.69) is 0 Å². The van der Waals surface area contributed by atoms with Gasteiger partial charge in [0.15, 0.2) is 0 Å². The van der Waals surface area contributed by atoms with E-state index in [-0.39, 0.29) is 24.1 Å². The monoisotopic (exact) mass is 302 g/mol. The number of hydrogen-bond donors (Lipinski definition) is 0. The average molecular weight is 302 g/mol. The van der Waals surface area contributed by atoms with Crippen molar-refractivity contribution in [1.29, 1.82) is 0 Å². The fourth-order valence-corrected chi connectivity index (χ4v) is 3.22.